The Bertz CT molecular complexity index is 1140. The number of imidazole rings is 1. The SMILES string of the molecule is CCC/C(=C\c1cc(CN2CCS(=O)CC2)ccc1C)c1cc(N)nc2nc(C)[nH]c12. The van der Waals surface area contributed by atoms with Crippen LogP contribution in [0, 0.1) is 13.8 Å². The fourth-order valence-electron chi connectivity index (χ4n) is 4.15. The molecule has 2 aromatic heterocycles. The molecule has 0 saturated carbocycles. The number of aromatic amines is 1. The summed E-state index contributed by atoms with van der Waals surface area (Å²) in [5, 5.41) is 0. The van der Waals surface area contributed by atoms with Crippen molar-refractivity contribution in [3.05, 3.63) is 52.3 Å². The van der Waals surface area contributed by atoms with Crippen molar-refractivity contribution >= 4 is 39.4 Å². The van der Waals surface area contributed by atoms with E-state index in [1.807, 2.05) is 13.0 Å². The highest BCUT2D eigenvalue weighted by Crippen LogP contribution is 2.30. The van der Waals surface area contributed by atoms with E-state index in [-0.39, 0.29) is 0 Å². The molecule has 6 nitrogen and oxygen atoms in total. The fraction of sp³-hybridized carbons (Fsp3) is 0.417. The lowest BCUT2D eigenvalue weighted by atomic mass is 9.95. The van der Waals surface area contributed by atoms with Crippen LogP contribution in [0.1, 0.15) is 47.8 Å². The molecule has 164 valence electrons. The maximum atomic E-state index is 11.7. The molecule has 0 amide bonds. The lowest BCUT2D eigenvalue weighted by Gasteiger charge is -2.26. The van der Waals surface area contributed by atoms with Crippen LogP contribution in [0.5, 0.6) is 0 Å². The molecule has 1 fully saturated rings. The number of aromatic nitrogens is 3. The lowest BCUT2D eigenvalue weighted by Crippen LogP contribution is -2.37. The van der Waals surface area contributed by atoms with E-state index in [1.54, 1.807) is 0 Å². The summed E-state index contributed by atoms with van der Waals surface area (Å²) in [5.74, 6) is 2.89. The van der Waals surface area contributed by atoms with Crippen molar-refractivity contribution in [2.45, 2.75) is 40.2 Å². The fourth-order valence-corrected chi connectivity index (χ4v) is 5.28. The Morgan fingerprint density at radius 3 is 2.74 bits per heavy atom. The normalized spacial score (nSPS) is 16.3. The molecule has 0 radical (unpaired) electrons. The molecule has 3 aromatic rings. The summed E-state index contributed by atoms with van der Waals surface area (Å²) < 4.78 is 11.7. The van der Waals surface area contributed by atoms with Crippen LogP contribution in [-0.4, -0.2) is 48.7 Å². The maximum absolute atomic E-state index is 11.7. The molecular formula is C24H31N5OS. The molecule has 3 N–H and O–H groups in total. The average molecular weight is 438 g/mol. The van der Waals surface area contributed by atoms with Gasteiger partial charge in [-0.15, -0.1) is 0 Å². The highest BCUT2D eigenvalue weighted by molar-refractivity contribution is 7.85. The number of benzene rings is 1. The number of nitrogens with zero attached hydrogens (tertiary/aromatic N) is 3. The Hall–Kier alpha value is -2.51. The minimum Gasteiger partial charge on any atom is -0.384 e. The van der Waals surface area contributed by atoms with E-state index in [2.05, 4.69) is 58.0 Å². The Labute approximate surface area is 186 Å². The molecule has 1 saturated heterocycles. The number of allylic oxidation sites excluding steroid dienone is 1. The number of H-pyrrole nitrogens is 1. The molecule has 4 rings (SSSR count). The molecule has 3 heterocycles. The summed E-state index contributed by atoms with van der Waals surface area (Å²) in [6.45, 7) is 8.99. The Morgan fingerprint density at radius 1 is 1.23 bits per heavy atom. The Kier molecular flexibility index (Phi) is 6.53. The van der Waals surface area contributed by atoms with Gasteiger partial charge in [-0.1, -0.05) is 37.6 Å². The van der Waals surface area contributed by atoms with Crippen LogP contribution in [0.25, 0.3) is 22.8 Å². The number of hydrogen-bond donors (Lipinski definition) is 2. The maximum Gasteiger partial charge on any atom is 0.180 e. The van der Waals surface area contributed by atoms with E-state index in [0.717, 1.165) is 60.9 Å². The first-order valence-corrected chi connectivity index (χ1v) is 12.4. The number of pyridine rings is 1. The van der Waals surface area contributed by atoms with Gasteiger partial charge in [-0.05, 0) is 48.6 Å². The molecule has 1 aliphatic rings. The van der Waals surface area contributed by atoms with Gasteiger partial charge in [-0.3, -0.25) is 9.11 Å². The van der Waals surface area contributed by atoms with Crippen LogP contribution in [0.3, 0.4) is 0 Å². The van der Waals surface area contributed by atoms with Gasteiger partial charge in [0.15, 0.2) is 5.65 Å². The first-order valence-electron chi connectivity index (χ1n) is 10.9. The Balaban J connectivity index is 1.70. The van der Waals surface area contributed by atoms with Crippen molar-refractivity contribution in [1.82, 2.24) is 19.9 Å². The van der Waals surface area contributed by atoms with Gasteiger partial charge in [-0.2, -0.15) is 0 Å². The predicted molar refractivity (Wildman–Crippen MR) is 130 cm³/mol. The first kappa shape index (κ1) is 21.7. The summed E-state index contributed by atoms with van der Waals surface area (Å²) in [5.41, 5.74) is 13.8. The molecule has 0 spiro atoms. The van der Waals surface area contributed by atoms with Crippen LogP contribution < -0.4 is 5.73 Å². The van der Waals surface area contributed by atoms with Crippen LogP contribution in [0.15, 0.2) is 24.3 Å². The van der Waals surface area contributed by atoms with Gasteiger partial charge < -0.3 is 10.7 Å². The molecule has 1 aromatic carbocycles. The van der Waals surface area contributed by atoms with E-state index in [1.165, 1.54) is 22.3 Å². The molecule has 31 heavy (non-hydrogen) atoms. The second kappa shape index (κ2) is 9.32. The van der Waals surface area contributed by atoms with Crippen molar-refractivity contribution in [2.75, 3.05) is 30.3 Å². The molecule has 7 heteroatoms. The summed E-state index contributed by atoms with van der Waals surface area (Å²) >= 11 is 0. The minimum absolute atomic E-state index is 0.490. The minimum atomic E-state index is -0.645. The van der Waals surface area contributed by atoms with E-state index >= 15 is 0 Å². The van der Waals surface area contributed by atoms with Gasteiger partial charge in [0.25, 0.3) is 0 Å². The van der Waals surface area contributed by atoms with Gasteiger partial charge in [0.2, 0.25) is 0 Å². The summed E-state index contributed by atoms with van der Waals surface area (Å²) in [7, 11) is -0.645. The third-order valence-corrected chi connectivity index (χ3v) is 7.09. The number of nitrogens with two attached hydrogens (primary N) is 1. The summed E-state index contributed by atoms with van der Waals surface area (Å²) in [6.07, 6.45) is 4.27. The number of nitrogens with one attached hydrogen (secondary N) is 1. The molecule has 0 aliphatic carbocycles. The molecule has 0 bridgehead atoms. The largest absolute Gasteiger partial charge is 0.384 e. The third-order valence-electron chi connectivity index (χ3n) is 5.81. The van der Waals surface area contributed by atoms with Crippen molar-refractivity contribution in [3.63, 3.8) is 0 Å². The lowest BCUT2D eigenvalue weighted by molar-refractivity contribution is 0.291. The predicted octanol–water partition coefficient (Wildman–Crippen LogP) is 4.06. The number of anilines is 1. The van der Waals surface area contributed by atoms with Gasteiger partial charge in [-0.25, -0.2) is 9.97 Å². The Morgan fingerprint density at radius 2 is 2.00 bits per heavy atom. The topological polar surface area (TPSA) is 87.9 Å². The van der Waals surface area contributed by atoms with Crippen molar-refractivity contribution in [2.24, 2.45) is 0 Å². The highest BCUT2D eigenvalue weighted by atomic mass is 32.2. The van der Waals surface area contributed by atoms with E-state index in [0.29, 0.717) is 11.5 Å². The molecule has 0 atom stereocenters. The van der Waals surface area contributed by atoms with Crippen molar-refractivity contribution < 1.29 is 4.21 Å². The number of nitrogen functional groups attached to an aromatic ring is 1. The highest BCUT2D eigenvalue weighted by Gasteiger charge is 2.16. The summed E-state index contributed by atoms with van der Waals surface area (Å²) in [4.78, 5) is 14.6. The molecular weight excluding hydrogens is 406 g/mol. The monoisotopic (exact) mass is 437 g/mol. The zero-order valence-corrected chi connectivity index (χ0v) is 19.4. The standard InChI is InChI=1S/C24H31N5OS/c1-4-5-19(21-14-22(25)28-24-23(21)26-17(3)27-24)13-20-12-18(7-6-16(20)2)15-29-8-10-31(30)11-9-29/h6-7,12-14H,4-5,8-11,15H2,1-3H3,(H3,25,26,27,28)/b19-13+. The van der Waals surface area contributed by atoms with Crippen LogP contribution in [0.4, 0.5) is 5.82 Å². The van der Waals surface area contributed by atoms with Gasteiger partial charge in [0.1, 0.15) is 11.6 Å². The quantitative estimate of drug-likeness (QED) is 0.607. The van der Waals surface area contributed by atoms with Crippen LogP contribution in [0.2, 0.25) is 0 Å². The van der Waals surface area contributed by atoms with Crippen LogP contribution in [-0.2, 0) is 17.3 Å². The smallest absolute Gasteiger partial charge is 0.180 e. The average Bonchev–Trinajstić information content (AvgIpc) is 3.11. The summed E-state index contributed by atoms with van der Waals surface area (Å²) in [6, 6.07) is 8.65. The number of fused-ring (bicyclic) bond motifs is 1. The first-order chi connectivity index (χ1) is 14.9. The van der Waals surface area contributed by atoms with E-state index in [4.69, 9.17) is 5.73 Å². The van der Waals surface area contributed by atoms with Gasteiger partial charge in [0.05, 0.1) is 5.52 Å². The zero-order chi connectivity index (χ0) is 22.0. The molecule has 0 unspecified atom stereocenters. The third kappa shape index (κ3) is 5.05. The van der Waals surface area contributed by atoms with Crippen LogP contribution >= 0.6 is 0 Å². The second-order valence-corrected chi connectivity index (χ2v) is 10.0. The van der Waals surface area contributed by atoms with Gasteiger partial charge in [0, 0.05) is 47.5 Å². The number of hydrogen-bond acceptors (Lipinski definition) is 5. The van der Waals surface area contributed by atoms with Gasteiger partial charge >= 0.3 is 0 Å². The number of aryl methyl sites for hydroxylation is 2. The van der Waals surface area contributed by atoms with Crippen molar-refractivity contribution in [3.8, 4) is 0 Å². The van der Waals surface area contributed by atoms with E-state index in [9.17, 15) is 4.21 Å². The zero-order valence-electron chi connectivity index (χ0n) is 18.6. The van der Waals surface area contributed by atoms with E-state index < -0.39 is 10.8 Å². The molecule has 1 aliphatic heterocycles. The van der Waals surface area contributed by atoms with Crippen molar-refractivity contribution in [1.29, 1.82) is 0 Å². The second-order valence-electron chi connectivity index (χ2n) is 8.35. The number of rotatable bonds is 6.